The van der Waals surface area contributed by atoms with Gasteiger partial charge in [0, 0.05) is 12.2 Å². The van der Waals surface area contributed by atoms with E-state index in [-0.39, 0.29) is 13.0 Å². The van der Waals surface area contributed by atoms with Gasteiger partial charge in [-0.25, -0.2) is 13.6 Å². The molecule has 1 aliphatic rings. The van der Waals surface area contributed by atoms with Crippen molar-refractivity contribution in [3.8, 4) is 0 Å². The molecule has 152 valence electrons. The fourth-order valence-electron chi connectivity index (χ4n) is 3.49. The number of carbonyl (C=O) groups excluding carboxylic acids is 3. The number of imide groups is 1. The summed E-state index contributed by atoms with van der Waals surface area (Å²) in [5.41, 5.74) is -0.440. The minimum absolute atomic E-state index is 0.239. The third kappa shape index (κ3) is 3.70. The van der Waals surface area contributed by atoms with Crippen molar-refractivity contribution in [3.63, 3.8) is 0 Å². The van der Waals surface area contributed by atoms with Gasteiger partial charge in [0.15, 0.2) is 0 Å². The van der Waals surface area contributed by atoms with Crippen LogP contribution in [0.25, 0.3) is 0 Å². The molecule has 1 heterocycles. The molecule has 2 aromatic rings. The van der Waals surface area contributed by atoms with Crippen molar-refractivity contribution in [2.24, 2.45) is 0 Å². The minimum atomic E-state index is -1.35. The molecular formula is C21H21F2N3O3. The van der Waals surface area contributed by atoms with E-state index in [1.54, 1.807) is 13.8 Å². The molecule has 3 rings (SSSR count). The van der Waals surface area contributed by atoms with E-state index in [1.807, 2.05) is 0 Å². The van der Waals surface area contributed by atoms with Crippen LogP contribution in [0.3, 0.4) is 0 Å². The summed E-state index contributed by atoms with van der Waals surface area (Å²) in [6, 6.07) is 10.0. The van der Waals surface area contributed by atoms with Gasteiger partial charge in [0.05, 0.1) is 0 Å². The van der Waals surface area contributed by atoms with Crippen molar-refractivity contribution in [1.82, 2.24) is 10.2 Å². The van der Waals surface area contributed by atoms with E-state index in [0.717, 1.165) is 4.90 Å². The Morgan fingerprint density at radius 1 is 1.00 bits per heavy atom. The second-order valence-electron chi connectivity index (χ2n) is 6.70. The second kappa shape index (κ2) is 7.98. The number of hydrogen-bond acceptors (Lipinski definition) is 3. The lowest BCUT2D eigenvalue weighted by Gasteiger charge is -2.26. The van der Waals surface area contributed by atoms with E-state index in [4.69, 9.17) is 0 Å². The molecule has 0 saturated carbocycles. The largest absolute Gasteiger partial charge is 0.325 e. The van der Waals surface area contributed by atoms with Crippen LogP contribution in [0, 0.1) is 11.6 Å². The van der Waals surface area contributed by atoms with Gasteiger partial charge in [0.1, 0.15) is 23.7 Å². The molecule has 1 N–H and O–H groups in total. The fourth-order valence-corrected chi connectivity index (χ4v) is 3.49. The van der Waals surface area contributed by atoms with E-state index >= 15 is 0 Å². The summed E-state index contributed by atoms with van der Waals surface area (Å²) in [7, 11) is 0. The molecule has 8 heteroatoms. The molecule has 0 aliphatic carbocycles. The summed E-state index contributed by atoms with van der Waals surface area (Å²) in [6.45, 7) is 3.29. The van der Waals surface area contributed by atoms with Crippen LogP contribution in [0.15, 0.2) is 48.5 Å². The van der Waals surface area contributed by atoms with Crippen LogP contribution in [0.2, 0.25) is 0 Å². The SMILES string of the molecule is CCN(C(=O)CN1C(=O)N[C@@](CC)(c2ccc(F)cc2)C1=O)c1ccc(F)cc1. The van der Waals surface area contributed by atoms with E-state index in [2.05, 4.69) is 5.32 Å². The van der Waals surface area contributed by atoms with Crippen molar-refractivity contribution in [2.75, 3.05) is 18.0 Å². The molecule has 0 bridgehead atoms. The molecule has 1 atom stereocenters. The predicted octanol–water partition coefficient (Wildman–Crippen LogP) is 3.18. The van der Waals surface area contributed by atoms with Crippen molar-refractivity contribution in [1.29, 1.82) is 0 Å². The first kappa shape index (κ1) is 20.4. The third-order valence-electron chi connectivity index (χ3n) is 5.09. The first-order valence-corrected chi connectivity index (χ1v) is 9.28. The summed E-state index contributed by atoms with van der Waals surface area (Å²) < 4.78 is 26.4. The second-order valence-corrected chi connectivity index (χ2v) is 6.70. The molecule has 1 aliphatic heterocycles. The molecule has 29 heavy (non-hydrogen) atoms. The number of halogens is 2. The van der Waals surface area contributed by atoms with Crippen molar-refractivity contribution in [3.05, 3.63) is 65.7 Å². The Balaban J connectivity index is 1.84. The standard InChI is InChI=1S/C21H21F2N3O3/c1-3-21(14-5-7-15(22)8-6-14)19(28)26(20(29)24-21)13-18(27)25(4-2)17-11-9-16(23)10-12-17/h5-12H,3-4,13H2,1-2H3,(H,24,29)/t21-/m0/s1. The summed E-state index contributed by atoms with van der Waals surface area (Å²) in [5.74, 6) is -1.94. The Morgan fingerprint density at radius 2 is 1.55 bits per heavy atom. The molecule has 6 nitrogen and oxygen atoms in total. The lowest BCUT2D eigenvalue weighted by Crippen LogP contribution is -2.45. The molecule has 0 radical (unpaired) electrons. The minimum Gasteiger partial charge on any atom is -0.319 e. The number of amides is 4. The smallest absolute Gasteiger partial charge is 0.319 e. The van der Waals surface area contributed by atoms with E-state index in [0.29, 0.717) is 11.3 Å². The number of hydrogen-bond donors (Lipinski definition) is 1. The monoisotopic (exact) mass is 401 g/mol. The quantitative estimate of drug-likeness (QED) is 0.756. The van der Waals surface area contributed by atoms with Gasteiger partial charge in [-0.05, 0) is 55.3 Å². The van der Waals surface area contributed by atoms with Gasteiger partial charge in [-0.15, -0.1) is 0 Å². The number of benzene rings is 2. The molecule has 1 saturated heterocycles. The molecular weight excluding hydrogens is 380 g/mol. The van der Waals surface area contributed by atoms with E-state index < -0.39 is 41.6 Å². The van der Waals surface area contributed by atoms with Crippen LogP contribution >= 0.6 is 0 Å². The van der Waals surface area contributed by atoms with Gasteiger partial charge < -0.3 is 10.2 Å². The Bertz CT molecular complexity index is 931. The van der Waals surface area contributed by atoms with Gasteiger partial charge in [-0.2, -0.15) is 0 Å². The van der Waals surface area contributed by atoms with Crippen molar-refractivity contribution in [2.45, 2.75) is 25.8 Å². The summed E-state index contributed by atoms with van der Waals surface area (Å²) in [5, 5.41) is 2.66. The number of likely N-dealkylation sites (N-methyl/N-ethyl adjacent to an activating group) is 1. The van der Waals surface area contributed by atoms with Gasteiger partial charge in [0.2, 0.25) is 5.91 Å². The molecule has 0 spiro atoms. The number of nitrogens with one attached hydrogen (secondary N) is 1. The Hall–Kier alpha value is -3.29. The Morgan fingerprint density at radius 3 is 2.07 bits per heavy atom. The summed E-state index contributed by atoms with van der Waals surface area (Å²) >= 11 is 0. The highest BCUT2D eigenvalue weighted by atomic mass is 19.1. The molecule has 1 fully saturated rings. The molecule has 4 amide bonds. The van der Waals surface area contributed by atoms with Crippen molar-refractivity contribution < 1.29 is 23.2 Å². The number of urea groups is 1. The highest BCUT2D eigenvalue weighted by Gasteiger charge is 2.51. The predicted molar refractivity (Wildman–Crippen MR) is 103 cm³/mol. The van der Waals surface area contributed by atoms with Crippen LogP contribution in [0.4, 0.5) is 19.3 Å². The Labute approximate surface area is 167 Å². The zero-order chi connectivity index (χ0) is 21.2. The van der Waals surface area contributed by atoms with Crippen molar-refractivity contribution >= 4 is 23.5 Å². The fraction of sp³-hybridized carbons (Fsp3) is 0.286. The van der Waals surface area contributed by atoms with Crippen LogP contribution in [0.1, 0.15) is 25.8 Å². The van der Waals surface area contributed by atoms with Gasteiger partial charge in [0.25, 0.3) is 5.91 Å². The third-order valence-corrected chi connectivity index (χ3v) is 5.09. The van der Waals surface area contributed by atoms with Gasteiger partial charge in [-0.3, -0.25) is 14.5 Å². The number of nitrogens with zero attached hydrogens (tertiary/aromatic N) is 2. The van der Waals surface area contributed by atoms with Gasteiger partial charge in [-0.1, -0.05) is 19.1 Å². The zero-order valence-electron chi connectivity index (χ0n) is 16.1. The van der Waals surface area contributed by atoms with Crippen LogP contribution in [-0.2, 0) is 15.1 Å². The summed E-state index contributed by atoms with van der Waals surface area (Å²) in [6.07, 6.45) is 0.239. The highest BCUT2D eigenvalue weighted by molar-refractivity contribution is 6.10. The average Bonchev–Trinajstić information content (AvgIpc) is 2.95. The molecule has 0 aromatic heterocycles. The lowest BCUT2D eigenvalue weighted by molar-refractivity contribution is -0.134. The number of carbonyl (C=O) groups is 3. The highest BCUT2D eigenvalue weighted by Crippen LogP contribution is 2.32. The van der Waals surface area contributed by atoms with E-state index in [9.17, 15) is 23.2 Å². The van der Waals surface area contributed by atoms with Crippen LogP contribution in [-0.4, -0.2) is 35.8 Å². The summed E-state index contributed by atoms with van der Waals surface area (Å²) in [4.78, 5) is 40.7. The maximum absolute atomic E-state index is 13.3. The number of anilines is 1. The topological polar surface area (TPSA) is 69.7 Å². The Kier molecular flexibility index (Phi) is 5.63. The first-order valence-electron chi connectivity index (χ1n) is 9.28. The van der Waals surface area contributed by atoms with Crippen LogP contribution in [0.5, 0.6) is 0 Å². The lowest BCUT2D eigenvalue weighted by atomic mass is 9.87. The van der Waals surface area contributed by atoms with Gasteiger partial charge >= 0.3 is 6.03 Å². The zero-order valence-corrected chi connectivity index (χ0v) is 16.1. The molecule has 2 aromatic carbocycles. The first-order chi connectivity index (χ1) is 13.8. The average molecular weight is 401 g/mol. The van der Waals surface area contributed by atoms with Crippen LogP contribution < -0.4 is 10.2 Å². The maximum Gasteiger partial charge on any atom is 0.325 e. The van der Waals surface area contributed by atoms with E-state index in [1.165, 1.54) is 53.4 Å². The maximum atomic E-state index is 13.3. The molecule has 0 unspecified atom stereocenters. The number of rotatable bonds is 6. The normalized spacial score (nSPS) is 18.7.